The second kappa shape index (κ2) is 23.7. The number of nitrogens with zero attached hydrogens (tertiary/aromatic N) is 1. The molecule has 42 heavy (non-hydrogen) atoms. The second-order valence-electron chi connectivity index (χ2n) is 12.9. The van der Waals surface area contributed by atoms with Gasteiger partial charge in [0.25, 0.3) is 7.82 Å². The number of aliphatic hydroxyl groups excluding tert-OH is 2. The van der Waals surface area contributed by atoms with Crippen LogP contribution in [0.5, 0.6) is 0 Å². The van der Waals surface area contributed by atoms with Gasteiger partial charge in [-0.1, -0.05) is 117 Å². The molecule has 1 unspecified atom stereocenters. The molecule has 0 radical (unpaired) electrons. The number of quaternary nitrogens is 1. The number of ketones is 2. The molecule has 0 aromatic carbocycles. The van der Waals surface area contributed by atoms with Gasteiger partial charge in [0.1, 0.15) is 12.6 Å². The van der Waals surface area contributed by atoms with Crippen molar-refractivity contribution in [3.8, 4) is 0 Å². The Morgan fingerprint density at radius 1 is 0.738 bits per heavy atom. The van der Waals surface area contributed by atoms with E-state index in [4.69, 9.17) is 14.2 Å². The van der Waals surface area contributed by atoms with Crippen LogP contribution in [0.4, 0.5) is 0 Å². The molecule has 0 bridgehead atoms. The Hall–Kier alpha value is -0.670. The fourth-order valence-corrected chi connectivity index (χ4v) is 6.22. The Labute approximate surface area is 257 Å². The van der Waals surface area contributed by atoms with E-state index in [1.54, 1.807) is 21.1 Å². The molecule has 0 fully saturated rings. The Balaban J connectivity index is 5.46. The summed E-state index contributed by atoms with van der Waals surface area (Å²) in [4.78, 5) is 40.4. The van der Waals surface area contributed by atoms with Crippen LogP contribution in [-0.2, 0) is 23.2 Å². The Morgan fingerprint density at radius 2 is 1.10 bits per heavy atom. The first-order valence-corrected chi connectivity index (χ1v) is 18.1. The number of carbonyl (C=O) groups excluding carboxylic acids is 2. The molecule has 0 aliphatic carbocycles. The van der Waals surface area contributed by atoms with Gasteiger partial charge in [-0.15, -0.1) is 0 Å². The van der Waals surface area contributed by atoms with Gasteiger partial charge in [0.15, 0.2) is 11.6 Å². The molecule has 0 heterocycles. The van der Waals surface area contributed by atoms with Crippen LogP contribution in [0.3, 0.4) is 0 Å². The van der Waals surface area contributed by atoms with E-state index in [9.17, 15) is 24.2 Å². The maximum absolute atomic E-state index is 13.8. The van der Waals surface area contributed by atoms with Crippen LogP contribution in [0.2, 0.25) is 0 Å². The number of rotatable bonds is 30. The summed E-state index contributed by atoms with van der Waals surface area (Å²) in [5, 5.41) is 18.6. The minimum atomic E-state index is -5.17. The molecule has 0 aliphatic heterocycles. The van der Waals surface area contributed by atoms with E-state index in [-0.39, 0.29) is 23.9 Å². The first-order valence-electron chi connectivity index (χ1n) is 16.7. The molecule has 2 atom stereocenters. The number of phosphoric acid groups is 1. The summed E-state index contributed by atoms with van der Waals surface area (Å²) in [5.41, 5.74) is -2.19. The molecule has 0 saturated carbocycles. The van der Waals surface area contributed by atoms with E-state index in [1.807, 2.05) is 0 Å². The lowest BCUT2D eigenvalue weighted by Crippen LogP contribution is -2.60. The lowest BCUT2D eigenvalue weighted by atomic mass is 9.86. The quantitative estimate of drug-likeness (QED) is 0.0415. The first-order chi connectivity index (χ1) is 19.8. The highest BCUT2D eigenvalue weighted by Crippen LogP contribution is 2.45. The molecule has 250 valence electrons. The van der Waals surface area contributed by atoms with E-state index in [2.05, 4.69) is 13.8 Å². The molecule has 10 heteroatoms. The van der Waals surface area contributed by atoms with Crippen molar-refractivity contribution in [2.24, 2.45) is 0 Å². The smallest absolute Gasteiger partial charge is 0.269 e. The van der Waals surface area contributed by atoms with Crippen LogP contribution in [0.1, 0.15) is 142 Å². The molecular weight excluding hydrogens is 557 g/mol. The van der Waals surface area contributed by atoms with Crippen molar-refractivity contribution in [1.82, 2.24) is 0 Å². The standard InChI is InChI=1S/C32H64NO8P/c1-6-8-10-12-14-16-18-20-22-24-30(36)32(28-33(3,4)5,41-42(38,39)40-27-29(35)26-34)31(37)25-23-21-19-17-15-13-11-9-7-2/h29,34-35H,6-28H2,1-5H3/t29-/m1/s1. The zero-order valence-electron chi connectivity index (χ0n) is 27.6. The number of likely N-dealkylation sites (N-methyl/N-ethyl adjacent to an activating group) is 1. The van der Waals surface area contributed by atoms with E-state index < -0.39 is 44.3 Å². The molecule has 0 aromatic rings. The van der Waals surface area contributed by atoms with Crippen molar-refractivity contribution < 1.29 is 42.8 Å². The van der Waals surface area contributed by atoms with Gasteiger partial charge in [0.05, 0.1) is 34.4 Å². The number of carbonyl (C=O) groups is 2. The molecule has 0 amide bonds. The minimum Gasteiger partial charge on any atom is -0.756 e. The van der Waals surface area contributed by atoms with Gasteiger partial charge in [-0.2, -0.15) is 0 Å². The molecule has 0 rings (SSSR count). The minimum absolute atomic E-state index is 0.0403. The Kier molecular flexibility index (Phi) is 23.3. The van der Waals surface area contributed by atoms with Crippen molar-refractivity contribution in [3.05, 3.63) is 0 Å². The highest BCUT2D eigenvalue weighted by molar-refractivity contribution is 7.46. The maximum Gasteiger partial charge on any atom is 0.269 e. The predicted molar refractivity (Wildman–Crippen MR) is 167 cm³/mol. The van der Waals surface area contributed by atoms with E-state index in [0.717, 1.165) is 51.4 Å². The third-order valence-electron chi connectivity index (χ3n) is 7.52. The van der Waals surface area contributed by atoms with E-state index in [0.29, 0.717) is 12.8 Å². The number of Topliss-reactive ketones (excluding diaryl/α,β-unsaturated/α-hetero) is 2. The summed E-state index contributed by atoms with van der Waals surface area (Å²) < 4.78 is 23.3. The van der Waals surface area contributed by atoms with Crippen molar-refractivity contribution in [2.75, 3.05) is 40.9 Å². The van der Waals surface area contributed by atoms with Gasteiger partial charge in [0, 0.05) is 12.8 Å². The topological polar surface area (TPSA) is 133 Å². The second-order valence-corrected chi connectivity index (χ2v) is 14.3. The highest BCUT2D eigenvalue weighted by Gasteiger charge is 2.52. The number of unbranched alkanes of at least 4 members (excludes halogenated alkanes) is 16. The number of phosphoric ester groups is 1. The van der Waals surface area contributed by atoms with Crippen molar-refractivity contribution >= 4 is 19.4 Å². The summed E-state index contributed by atoms with van der Waals surface area (Å²) in [6, 6.07) is 0. The van der Waals surface area contributed by atoms with Gasteiger partial charge < -0.3 is 24.1 Å². The van der Waals surface area contributed by atoms with Crippen LogP contribution >= 0.6 is 7.82 Å². The molecule has 0 aromatic heterocycles. The summed E-state index contributed by atoms with van der Waals surface area (Å²) in [5.74, 6) is -1.08. The Morgan fingerprint density at radius 3 is 1.43 bits per heavy atom. The van der Waals surface area contributed by atoms with Gasteiger partial charge >= 0.3 is 0 Å². The van der Waals surface area contributed by atoms with Crippen molar-refractivity contribution in [3.63, 3.8) is 0 Å². The van der Waals surface area contributed by atoms with Crippen molar-refractivity contribution in [2.45, 2.75) is 154 Å². The molecule has 2 N–H and O–H groups in total. The first kappa shape index (κ1) is 41.3. The zero-order chi connectivity index (χ0) is 31.9. The molecule has 9 nitrogen and oxygen atoms in total. The fourth-order valence-electron chi connectivity index (χ4n) is 5.17. The number of hydrogen-bond acceptors (Lipinski definition) is 8. The average molecular weight is 622 g/mol. The number of hydrogen-bond donors (Lipinski definition) is 2. The third-order valence-corrected chi connectivity index (χ3v) is 8.52. The fraction of sp³-hybridized carbons (Fsp3) is 0.938. The van der Waals surface area contributed by atoms with Gasteiger partial charge in [-0.05, 0) is 12.8 Å². The third kappa shape index (κ3) is 20.3. The number of aliphatic hydroxyl groups is 2. The Bertz CT molecular complexity index is 721. The average Bonchev–Trinajstić information content (AvgIpc) is 2.92. The SMILES string of the molecule is CCCCCCCCCCCC(=O)C(C[N+](C)(C)C)(OP(=O)([O-])OC[C@H](O)CO)C(=O)CCCCCCCCCCC. The summed E-state index contributed by atoms with van der Waals surface area (Å²) >= 11 is 0. The molecule has 0 spiro atoms. The van der Waals surface area contributed by atoms with Crippen LogP contribution in [0.15, 0.2) is 0 Å². The predicted octanol–water partition coefficient (Wildman–Crippen LogP) is 6.27. The largest absolute Gasteiger partial charge is 0.756 e. The highest BCUT2D eigenvalue weighted by atomic mass is 31.2. The van der Waals surface area contributed by atoms with Crippen LogP contribution < -0.4 is 4.89 Å². The lowest BCUT2D eigenvalue weighted by molar-refractivity contribution is -0.874. The molecular formula is C32H64NO8P. The van der Waals surface area contributed by atoms with Gasteiger partial charge in [0.2, 0.25) is 5.60 Å². The van der Waals surface area contributed by atoms with Crippen LogP contribution in [0, 0.1) is 0 Å². The van der Waals surface area contributed by atoms with Crippen molar-refractivity contribution in [1.29, 1.82) is 0 Å². The zero-order valence-corrected chi connectivity index (χ0v) is 28.5. The molecule has 0 aliphatic rings. The van der Waals surface area contributed by atoms with Crippen LogP contribution in [0.25, 0.3) is 0 Å². The van der Waals surface area contributed by atoms with Gasteiger partial charge in [-0.3, -0.25) is 18.7 Å². The van der Waals surface area contributed by atoms with E-state index >= 15 is 0 Å². The van der Waals surface area contributed by atoms with E-state index in [1.165, 1.54) is 51.4 Å². The van der Waals surface area contributed by atoms with Gasteiger partial charge in [-0.25, -0.2) is 0 Å². The summed E-state index contributed by atoms with van der Waals surface area (Å²) in [6.45, 7) is 2.81. The summed E-state index contributed by atoms with van der Waals surface area (Å²) in [7, 11) is 0.164. The summed E-state index contributed by atoms with van der Waals surface area (Å²) in [6.07, 6.45) is 17.7. The molecule has 0 saturated heterocycles. The lowest BCUT2D eigenvalue weighted by Gasteiger charge is -2.40. The maximum atomic E-state index is 13.8. The van der Waals surface area contributed by atoms with Crippen LogP contribution in [-0.4, -0.2) is 78.9 Å². The monoisotopic (exact) mass is 621 g/mol. The normalized spacial score (nSPS) is 14.6.